The zero-order chi connectivity index (χ0) is 18.0. The Morgan fingerprint density at radius 2 is 2.04 bits per heavy atom. The number of fused-ring (bicyclic) bond motifs is 1. The van der Waals surface area contributed by atoms with Gasteiger partial charge in [-0.3, -0.25) is 9.59 Å². The quantitative estimate of drug-likeness (QED) is 0.749. The SMILES string of the molecule is COc1ccc2c(ccn2CCNC(=O)c2c(C)cc(C)[nH]c2=O)c1. The van der Waals surface area contributed by atoms with Crippen molar-refractivity contribution >= 4 is 16.8 Å². The third-order valence-electron chi connectivity index (χ3n) is 4.21. The molecule has 6 heteroatoms. The van der Waals surface area contributed by atoms with Crippen molar-refractivity contribution in [3.8, 4) is 5.75 Å². The van der Waals surface area contributed by atoms with Crippen LogP contribution in [0.1, 0.15) is 21.6 Å². The highest BCUT2D eigenvalue weighted by atomic mass is 16.5. The van der Waals surface area contributed by atoms with Gasteiger partial charge in [-0.1, -0.05) is 0 Å². The van der Waals surface area contributed by atoms with E-state index >= 15 is 0 Å². The molecule has 2 heterocycles. The Morgan fingerprint density at radius 3 is 2.76 bits per heavy atom. The van der Waals surface area contributed by atoms with Crippen molar-refractivity contribution in [2.45, 2.75) is 20.4 Å². The summed E-state index contributed by atoms with van der Waals surface area (Å²) in [7, 11) is 1.64. The topological polar surface area (TPSA) is 76.1 Å². The number of ether oxygens (including phenoxy) is 1. The summed E-state index contributed by atoms with van der Waals surface area (Å²) in [5.74, 6) is 0.463. The Morgan fingerprint density at radius 1 is 1.24 bits per heavy atom. The van der Waals surface area contributed by atoms with Crippen LogP contribution in [0.2, 0.25) is 0 Å². The van der Waals surface area contributed by atoms with E-state index in [1.807, 2.05) is 30.5 Å². The second-order valence-electron chi connectivity index (χ2n) is 6.03. The molecule has 0 saturated heterocycles. The third-order valence-corrected chi connectivity index (χ3v) is 4.21. The molecule has 2 aromatic heterocycles. The van der Waals surface area contributed by atoms with Crippen LogP contribution in [0.3, 0.4) is 0 Å². The molecule has 0 atom stereocenters. The average Bonchev–Trinajstić information content (AvgIpc) is 2.96. The van der Waals surface area contributed by atoms with E-state index in [2.05, 4.69) is 14.9 Å². The van der Waals surface area contributed by atoms with E-state index in [1.165, 1.54) is 0 Å². The lowest BCUT2D eigenvalue weighted by molar-refractivity contribution is 0.0950. The van der Waals surface area contributed by atoms with E-state index in [0.717, 1.165) is 22.3 Å². The van der Waals surface area contributed by atoms with Gasteiger partial charge in [-0.15, -0.1) is 0 Å². The second-order valence-corrected chi connectivity index (χ2v) is 6.03. The second kappa shape index (κ2) is 6.84. The van der Waals surface area contributed by atoms with Gasteiger partial charge in [-0.2, -0.15) is 0 Å². The standard InChI is InChI=1S/C19H21N3O3/c1-12-10-13(2)21-19(24)17(12)18(23)20-7-9-22-8-6-14-11-15(25-3)4-5-16(14)22/h4-6,8,10-11H,7,9H2,1-3H3,(H,20,23)(H,21,24). The van der Waals surface area contributed by atoms with Gasteiger partial charge in [-0.25, -0.2) is 0 Å². The van der Waals surface area contributed by atoms with E-state index in [4.69, 9.17) is 4.74 Å². The van der Waals surface area contributed by atoms with Gasteiger partial charge in [-0.05, 0) is 49.7 Å². The molecule has 0 fully saturated rings. The maximum absolute atomic E-state index is 12.3. The molecule has 2 N–H and O–H groups in total. The van der Waals surface area contributed by atoms with Gasteiger partial charge in [0, 0.05) is 35.9 Å². The summed E-state index contributed by atoms with van der Waals surface area (Å²) in [5.41, 5.74) is 2.31. The van der Waals surface area contributed by atoms with Crippen LogP contribution in [0.15, 0.2) is 41.3 Å². The van der Waals surface area contributed by atoms with E-state index in [1.54, 1.807) is 27.0 Å². The summed E-state index contributed by atoms with van der Waals surface area (Å²) in [6.45, 7) is 4.61. The number of methoxy groups -OCH3 is 1. The molecule has 0 aliphatic rings. The number of carbonyl (C=O) groups excluding carboxylic acids is 1. The first-order chi connectivity index (χ1) is 12.0. The number of carbonyl (C=O) groups is 1. The Kier molecular flexibility index (Phi) is 4.61. The zero-order valence-corrected chi connectivity index (χ0v) is 14.6. The van der Waals surface area contributed by atoms with Crippen LogP contribution in [0.4, 0.5) is 0 Å². The van der Waals surface area contributed by atoms with Gasteiger partial charge < -0.3 is 19.6 Å². The number of aromatic nitrogens is 2. The van der Waals surface area contributed by atoms with Crippen LogP contribution in [-0.2, 0) is 6.54 Å². The van der Waals surface area contributed by atoms with E-state index in [0.29, 0.717) is 18.7 Å². The number of benzene rings is 1. The van der Waals surface area contributed by atoms with Crippen LogP contribution in [-0.4, -0.2) is 29.1 Å². The number of hydrogen-bond acceptors (Lipinski definition) is 3. The molecule has 3 aromatic rings. The molecule has 0 bridgehead atoms. The lowest BCUT2D eigenvalue weighted by Crippen LogP contribution is -2.33. The Balaban J connectivity index is 1.69. The number of aryl methyl sites for hydroxylation is 2. The third kappa shape index (κ3) is 3.42. The summed E-state index contributed by atoms with van der Waals surface area (Å²) < 4.78 is 7.28. The van der Waals surface area contributed by atoms with Gasteiger partial charge in [0.25, 0.3) is 11.5 Å². The smallest absolute Gasteiger partial charge is 0.261 e. The normalized spacial score (nSPS) is 10.8. The molecule has 25 heavy (non-hydrogen) atoms. The van der Waals surface area contributed by atoms with Crippen molar-refractivity contribution in [2.75, 3.05) is 13.7 Å². The van der Waals surface area contributed by atoms with Gasteiger partial charge >= 0.3 is 0 Å². The van der Waals surface area contributed by atoms with E-state index in [9.17, 15) is 9.59 Å². The molecule has 1 amide bonds. The predicted molar refractivity (Wildman–Crippen MR) is 97.4 cm³/mol. The molecule has 0 unspecified atom stereocenters. The van der Waals surface area contributed by atoms with E-state index < -0.39 is 0 Å². The number of pyridine rings is 1. The van der Waals surface area contributed by atoms with Crippen molar-refractivity contribution in [2.24, 2.45) is 0 Å². The predicted octanol–water partition coefficient (Wildman–Crippen LogP) is 2.39. The number of amides is 1. The maximum Gasteiger partial charge on any atom is 0.261 e. The fraction of sp³-hybridized carbons (Fsp3) is 0.263. The van der Waals surface area contributed by atoms with Crippen LogP contribution >= 0.6 is 0 Å². The van der Waals surface area contributed by atoms with Crippen molar-refractivity contribution in [3.05, 3.63) is 63.7 Å². The van der Waals surface area contributed by atoms with Crippen LogP contribution in [0.25, 0.3) is 10.9 Å². The fourth-order valence-electron chi connectivity index (χ4n) is 3.01. The largest absolute Gasteiger partial charge is 0.497 e. The lowest BCUT2D eigenvalue weighted by atomic mass is 10.1. The number of nitrogens with one attached hydrogen (secondary N) is 2. The van der Waals surface area contributed by atoms with Crippen LogP contribution in [0, 0.1) is 13.8 Å². The van der Waals surface area contributed by atoms with Crippen LogP contribution < -0.4 is 15.6 Å². The number of H-pyrrole nitrogens is 1. The molecular formula is C19H21N3O3. The molecule has 0 aliphatic carbocycles. The monoisotopic (exact) mass is 339 g/mol. The van der Waals surface area contributed by atoms with Crippen molar-refractivity contribution < 1.29 is 9.53 Å². The van der Waals surface area contributed by atoms with Crippen molar-refractivity contribution in [3.63, 3.8) is 0 Å². The first-order valence-electron chi connectivity index (χ1n) is 8.11. The highest BCUT2D eigenvalue weighted by Gasteiger charge is 2.14. The molecule has 0 saturated carbocycles. The Hall–Kier alpha value is -3.02. The summed E-state index contributed by atoms with van der Waals surface area (Å²) >= 11 is 0. The van der Waals surface area contributed by atoms with Gasteiger partial charge in [0.05, 0.1) is 7.11 Å². The van der Waals surface area contributed by atoms with Crippen LogP contribution in [0.5, 0.6) is 5.75 Å². The Labute approximate surface area is 145 Å². The Bertz CT molecular complexity index is 985. The average molecular weight is 339 g/mol. The minimum absolute atomic E-state index is 0.174. The molecule has 0 aliphatic heterocycles. The van der Waals surface area contributed by atoms with Gasteiger partial charge in [0.2, 0.25) is 0 Å². The number of nitrogens with zero attached hydrogens (tertiary/aromatic N) is 1. The summed E-state index contributed by atoms with van der Waals surface area (Å²) in [5, 5.41) is 3.90. The maximum atomic E-state index is 12.3. The molecule has 6 nitrogen and oxygen atoms in total. The fourth-order valence-corrected chi connectivity index (χ4v) is 3.01. The first-order valence-corrected chi connectivity index (χ1v) is 8.11. The summed E-state index contributed by atoms with van der Waals surface area (Å²) in [6.07, 6.45) is 1.97. The molecule has 0 radical (unpaired) electrons. The van der Waals surface area contributed by atoms with Crippen molar-refractivity contribution in [1.29, 1.82) is 0 Å². The molecule has 0 spiro atoms. The first kappa shape index (κ1) is 16.8. The summed E-state index contributed by atoms with van der Waals surface area (Å²) in [6, 6.07) is 9.68. The van der Waals surface area contributed by atoms with Gasteiger partial charge in [0.1, 0.15) is 11.3 Å². The lowest BCUT2D eigenvalue weighted by Gasteiger charge is -2.09. The molecule has 1 aromatic carbocycles. The zero-order valence-electron chi connectivity index (χ0n) is 14.6. The number of aromatic amines is 1. The molecule has 130 valence electrons. The van der Waals surface area contributed by atoms with Crippen molar-refractivity contribution in [1.82, 2.24) is 14.9 Å². The number of rotatable bonds is 5. The highest BCUT2D eigenvalue weighted by molar-refractivity contribution is 5.95. The molecular weight excluding hydrogens is 318 g/mol. The van der Waals surface area contributed by atoms with Gasteiger partial charge in [0.15, 0.2) is 0 Å². The highest BCUT2D eigenvalue weighted by Crippen LogP contribution is 2.21. The minimum Gasteiger partial charge on any atom is -0.497 e. The minimum atomic E-state index is -0.353. The summed E-state index contributed by atoms with van der Waals surface area (Å²) in [4.78, 5) is 27.0. The number of hydrogen-bond donors (Lipinski definition) is 2. The molecule has 3 rings (SSSR count). The van der Waals surface area contributed by atoms with E-state index in [-0.39, 0.29) is 17.0 Å².